The van der Waals surface area contributed by atoms with E-state index in [0.29, 0.717) is 24.2 Å². The third kappa shape index (κ3) is 3.23. The first kappa shape index (κ1) is 15.1. The number of benzene rings is 1. The third-order valence-corrected chi connectivity index (χ3v) is 3.86. The van der Waals surface area contributed by atoms with Crippen LogP contribution in [0.3, 0.4) is 0 Å². The van der Waals surface area contributed by atoms with Crippen molar-refractivity contribution in [1.82, 2.24) is 0 Å². The fourth-order valence-corrected chi connectivity index (χ4v) is 2.75. The van der Waals surface area contributed by atoms with Crippen LogP contribution in [0.5, 0.6) is 0 Å². The summed E-state index contributed by atoms with van der Waals surface area (Å²) in [7, 11) is 0. The summed E-state index contributed by atoms with van der Waals surface area (Å²) in [6, 6.07) is 5.50. The highest BCUT2D eigenvalue weighted by molar-refractivity contribution is 7.80. The number of hydrogen-bond acceptors (Lipinski definition) is 2. The van der Waals surface area contributed by atoms with Gasteiger partial charge in [-0.25, -0.2) is 0 Å². The molecular weight excluding hydrogens is 285 g/mol. The van der Waals surface area contributed by atoms with Crippen LogP contribution in [0.4, 0.5) is 18.9 Å². The van der Waals surface area contributed by atoms with Crippen LogP contribution in [0.1, 0.15) is 24.0 Å². The fraction of sp³-hybridized carbons (Fsp3) is 0.500. The lowest BCUT2D eigenvalue weighted by atomic mass is 9.96. The second-order valence-corrected chi connectivity index (χ2v) is 5.65. The predicted molar refractivity (Wildman–Crippen MR) is 78.1 cm³/mol. The van der Waals surface area contributed by atoms with Gasteiger partial charge in [0, 0.05) is 24.3 Å². The Morgan fingerprint density at radius 3 is 2.70 bits per heavy atom. The van der Waals surface area contributed by atoms with Crippen molar-refractivity contribution in [3.05, 3.63) is 29.3 Å². The molecule has 110 valence electrons. The van der Waals surface area contributed by atoms with E-state index in [1.807, 2.05) is 19.1 Å². The van der Waals surface area contributed by atoms with E-state index in [2.05, 4.69) is 0 Å². The minimum absolute atomic E-state index is 0.0252. The van der Waals surface area contributed by atoms with E-state index in [1.165, 1.54) is 0 Å². The number of rotatable bonds is 2. The average Bonchev–Trinajstić information content (AvgIpc) is 2.37. The Bertz CT molecular complexity index is 514. The third-order valence-electron chi connectivity index (χ3n) is 3.64. The van der Waals surface area contributed by atoms with Gasteiger partial charge in [0.15, 0.2) is 0 Å². The van der Waals surface area contributed by atoms with Gasteiger partial charge in [-0.15, -0.1) is 0 Å². The maximum atomic E-state index is 12.9. The second-order valence-electron chi connectivity index (χ2n) is 5.21. The molecule has 0 aliphatic carbocycles. The summed E-state index contributed by atoms with van der Waals surface area (Å²) in [5, 5.41) is 0. The normalized spacial score (nSPS) is 20.0. The highest BCUT2D eigenvalue weighted by Gasteiger charge is 2.42. The summed E-state index contributed by atoms with van der Waals surface area (Å²) < 4.78 is 38.7. The molecule has 0 aromatic heterocycles. The summed E-state index contributed by atoms with van der Waals surface area (Å²) in [5.74, 6) is -1.28. The Labute approximate surface area is 121 Å². The minimum Gasteiger partial charge on any atom is -0.389 e. The van der Waals surface area contributed by atoms with Gasteiger partial charge in [-0.2, -0.15) is 13.2 Å². The lowest BCUT2D eigenvalue weighted by molar-refractivity contribution is -0.175. The zero-order chi connectivity index (χ0) is 14.9. The molecule has 1 atom stereocenters. The van der Waals surface area contributed by atoms with Gasteiger partial charge in [0.2, 0.25) is 0 Å². The van der Waals surface area contributed by atoms with Crippen LogP contribution in [0.15, 0.2) is 18.2 Å². The summed E-state index contributed by atoms with van der Waals surface area (Å²) in [6.45, 7) is 2.48. The van der Waals surface area contributed by atoms with E-state index >= 15 is 0 Å². The van der Waals surface area contributed by atoms with Crippen molar-refractivity contribution >= 4 is 22.9 Å². The Hall–Kier alpha value is -1.30. The van der Waals surface area contributed by atoms with E-state index in [9.17, 15) is 13.2 Å². The van der Waals surface area contributed by atoms with Crippen LogP contribution in [-0.2, 0) is 0 Å². The van der Waals surface area contributed by atoms with Gasteiger partial charge in [-0.3, -0.25) is 0 Å². The number of alkyl halides is 3. The van der Waals surface area contributed by atoms with Crippen LogP contribution in [0, 0.1) is 12.8 Å². The molecule has 1 unspecified atom stereocenters. The minimum atomic E-state index is -4.15. The summed E-state index contributed by atoms with van der Waals surface area (Å²) in [4.78, 5) is 1.97. The lowest BCUT2D eigenvalue weighted by Gasteiger charge is -2.36. The zero-order valence-electron chi connectivity index (χ0n) is 11.2. The van der Waals surface area contributed by atoms with Gasteiger partial charge in [0.1, 0.15) is 4.99 Å². The van der Waals surface area contributed by atoms with Gasteiger partial charge in [0.25, 0.3) is 0 Å². The number of nitrogens with zero attached hydrogens (tertiary/aromatic N) is 1. The van der Waals surface area contributed by atoms with Crippen LogP contribution >= 0.6 is 12.2 Å². The maximum absolute atomic E-state index is 12.9. The monoisotopic (exact) mass is 302 g/mol. The molecule has 20 heavy (non-hydrogen) atoms. The Morgan fingerprint density at radius 1 is 1.40 bits per heavy atom. The van der Waals surface area contributed by atoms with Gasteiger partial charge in [-0.05, 0) is 37.5 Å². The number of anilines is 1. The molecule has 1 fully saturated rings. The van der Waals surface area contributed by atoms with Crippen molar-refractivity contribution in [2.45, 2.75) is 25.9 Å². The predicted octanol–water partition coefficient (Wildman–Crippen LogP) is 3.41. The summed E-state index contributed by atoms with van der Waals surface area (Å²) >= 11 is 4.99. The van der Waals surface area contributed by atoms with Crippen molar-refractivity contribution in [1.29, 1.82) is 0 Å². The molecule has 1 aliphatic heterocycles. The Morgan fingerprint density at radius 2 is 2.10 bits per heavy atom. The number of hydrogen-bond donors (Lipinski definition) is 1. The fourth-order valence-electron chi connectivity index (χ4n) is 2.57. The molecule has 0 amide bonds. The molecule has 2 rings (SSSR count). The highest BCUT2D eigenvalue weighted by Crippen LogP contribution is 2.35. The molecule has 1 saturated heterocycles. The molecule has 0 saturated carbocycles. The van der Waals surface area contributed by atoms with Gasteiger partial charge in [0.05, 0.1) is 5.92 Å². The van der Waals surface area contributed by atoms with Crippen LogP contribution in [-0.4, -0.2) is 24.3 Å². The van der Waals surface area contributed by atoms with E-state index in [0.717, 1.165) is 5.56 Å². The molecule has 2 N–H and O–H groups in total. The highest BCUT2D eigenvalue weighted by atomic mass is 32.1. The number of nitrogens with two attached hydrogens (primary N) is 1. The molecule has 6 heteroatoms. The number of halogens is 3. The number of piperidine rings is 1. The van der Waals surface area contributed by atoms with E-state index in [1.54, 1.807) is 11.0 Å². The standard InChI is InChI=1S/C14H17F3N2S/c1-9-4-5-11(13(18)20)12(7-9)19-6-2-3-10(8-19)14(15,16)17/h4-5,7,10H,2-3,6,8H2,1H3,(H2,18,20). The van der Waals surface area contributed by atoms with Gasteiger partial charge >= 0.3 is 6.18 Å². The van der Waals surface area contributed by atoms with Crippen molar-refractivity contribution in [3.8, 4) is 0 Å². The van der Waals surface area contributed by atoms with Crippen LogP contribution in [0.25, 0.3) is 0 Å². The Balaban J connectivity index is 2.31. The first-order valence-electron chi connectivity index (χ1n) is 6.51. The zero-order valence-corrected chi connectivity index (χ0v) is 12.0. The molecule has 0 radical (unpaired) electrons. The molecule has 1 aromatic rings. The average molecular weight is 302 g/mol. The summed E-state index contributed by atoms with van der Waals surface area (Å²) in [6.07, 6.45) is -3.44. The van der Waals surface area contributed by atoms with Crippen molar-refractivity contribution in [3.63, 3.8) is 0 Å². The lowest BCUT2D eigenvalue weighted by Crippen LogP contribution is -2.42. The molecule has 1 heterocycles. The van der Waals surface area contributed by atoms with Gasteiger partial charge in [-0.1, -0.05) is 18.3 Å². The maximum Gasteiger partial charge on any atom is 0.393 e. The SMILES string of the molecule is Cc1ccc(C(N)=S)c(N2CCCC(C(F)(F)F)C2)c1. The van der Waals surface area contributed by atoms with Crippen LogP contribution < -0.4 is 10.6 Å². The molecule has 1 aliphatic rings. The first-order valence-corrected chi connectivity index (χ1v) is 6.92. The molecule has 0 bridgehead atoms. The van der Waals surface area contributed by atoms with Crippen LogP contribution in [0.2, 0.25) is 0 Å². The number of thiocarbonyl (C=S) groups is 1. The topological polar surface area (TPSA) is 29.3 Å². The molecular formula is C14H17F3N2S. The van der Waals surface area contributed by atoms with E-state index in [-0.39, 0.29) is 18.0 Å². The number of aryl methyl sites for hydroxylation is 1. The van der Waals surface area contributed by atoms with E-state index < -0.39 is 12.1 Å². The smallest absolute Gasteiger partial charge is 0.389 e. The molecule has 0 spiro atoms. The summed E-state index contributed by atoms with van der Waals surface area (Å²) in [5.41, 5.74) is 8.02. The second kappa shape index (κ2) is 5.60. The quantitative estimate of drug-likeness (QED) is 0.849. The van der Waals surface area contributed by atoms with Gasteiger partial charge < -0.3 is 10.6 Å². The Kier molecular flexibility index (Phi) is 4.22. The largest absolute Gasteiger partial charge is 0.393 e. The van der Waals surface area contributed by atoms with E-state index in [4.69, 9.17) is 18.0 Å². The van der Waals surface area contributed by atoms with Crippen molar-refractivity contribution < 1.29 is 13.2 Å². The molecule has 2 nitrogen and oxygen atoms in total. The van der Waals surface area contributed by atoms with Crippen molar-refractivity contribution in [2.24, 2.45) is 11.7 Å². The first-order chi connectivity index (χ1) is 9.29. The molecule has 1 aromatic carbocycles. The van der Waals surface area contributed by atoms with Crippen molar-refractivity contribution in [2.75, 3.05) is 18.0 Å².